The Balaban J connectivity index is 0.00000385. The molecule has 3 rings (SSSR count). The zero-order chi connectivity index (χ0) is 23.4. The van der Waals surface area contributed by atoms with E-state index in [-0.39, 0.29) is 48.4 Å². The third-order valence-electron chi connectivity index (χ3n) is 5.76. The minimum atomic E-state index is -0.598. The van der Waals surface area contributed by atoms with E-state index >= 15 is 0 Å². The van der Waals surface area contributed by atoms with E-state index < -0.39 is 11.9 Å². The molecular weight excluding hydrogens is 491 g/mol. The lowest BCUT2D eigenvalue weighted by molar-refractivity contribution is -0.137. The van der Waals surface area contributed by atoms with Crippen molar-refractivity contribution in [3.63, 3.8) is 0 Å². The number of carbonyl (C=O) groups is 2. The number of amides is 2. The van der Waals surface area contributed by atoms with Crippen LogP contribution in [0.2, 0.25) is 10.0 Å². The second-order valence-electron chi connectivity index (χ2n) is 7.85. The Bertz CT molecular complexity index is 1090. The van der Waals surface area contributed by atoms with Crippen molar-refractivity contribution in [1.29, 1.82) is 0 Å². The summed E-state index contributed by atoms with van der Waals surface area (Å²) < 4.78 is 7.49. The molecular formula is C22H29Cl3N4O4. The smallest absolute Gasteiger partial charge is 0.258 e. The summed E-state index contributed by atoms with van der Waals surface area (Å²) >= 11 is 12.4. The van der Waals surface area contributed by atoms with Crippen molar-refractivity contribution in [3.05, 3.63) is 38.2 Å². The number of nitrogens with zero attached hydrogens (tertiary/aromatic N) is 2. The highest BCUT2D eigenvalue weighted by Crippen LogP contribution is 2.34. The van der Waals surface area contributed by atoms with Crippen LogP contribution in [0.1, 0.15) is 44.7 Å². The molecule has 8 nitrogen and oxygen atoms in total. The van der Waals surface area contributed by atoms with Gasteiger partial charge in [-0.25, -0.2) is 0 Å². The molecule has 1 aliphatic rings. The van der Waals surface area contributed by atoms with Crippen molar-refractivity contribution < 1.29 is 14.3 Å². The number of nitrogens with two attached hydrogens (primary N) is 2. The fourth-order valence-corrected chi connectivity index (χ4v) is 4.42. The average Bonchev–Trinajstić information content (AvgIpc) is 3.26. The van der Waals surface area contributed by atoms with Crippen LogP contribution in [-0.4, -0.2) is 40.5 Å². The van der Waals surface area contributed by atoms with Gasteiger partial charge in [-0.05, 0) is 31.4 Å². The highest BCUT2D eigenvalue weighted by atomic mass is 35.5. The predicted octanol–water partition coefficient (Wildman–Crippen LogP) is 3.23. The molecule has 1 fully saturated rings. The van der Waals surface area contributed by atoms with Gasteiger partial charge in [0, 0.05) is 31.4 Å². The Labute approximate surface area is 208 Å². The number of ether oxygens (including phenoxy) is 1. The lowest BCUT2D eigenvalue weighted by atomic mass is 10.1. The van der Waals surface area contributed by atoms with Crippen LogP contribution >= 0.6 is 35.6 Å². The summed E-state index contributed by atoms with van der Waals surface area (Å²) in [5.74, 6) is -0.277. The third-order valence-corrected chi connectivity index (χ3v) is 6.48. The Kier molecular flexibility index (Phi) is 9.84. The van der Waals surface area contributed by atoms with E-state index in [1.54, 1.807) is 6.07 Å². The standard InChI is InChI=1S/C22H28Cl2N4O4.ClH/c1-2-3-9-32-20-13-10-15(23)16(24)11-14(13)22(31)28(18(20)12-25)8-6-19(29)27-7-4-5-17(27)21(26)30;/h10-11,17H,2-9,12,25H2,1H3,(H2,26,30);1H/t17-;/m0./s1. The number of primary amides is 1. The Morgan fingerprint density at radius 2 is 1.88 bits per heavy atom. The van der Waals surface area contributed by atoms with Gasteiger partial charge in [0.1, 0.15) is 11.8 Å². The first-order chi connectivity index (χ1) is 15.3. The Hall–Kier alpha value is -2.00. The van der Waals surface area contributed by atoms with Gasteiger partial charge in [0.15, 0.2) is 0 Å². The molecule has 0 spiro atoms. The number of likely N-dealkylation sites (tertiary alicyclic amines) is 1. The van der Waals surface area contributed by atoms with Crippen LogP contribution in [0, 0.1) is 0 Å². The molecule has 1 aliphatic heterocycles. The number of carbonyl (C=O) groups excluding carboxylic acids is 2. The molecule has 0 unspecified atom stereocenters. The summed E-state index contributed by atoms with van der Waals surface area (Å²) in [7, 11) is 0. The summed E-state index contributed by atoms with van der Waals surface area (Å²) in [6.07, 6.45) is 3.07. The summed E-state index contributed by atoms with van der Waals surface area (Å²) in [6, 6.07) is 2.52. The fourth-order valence-electron chi connectivity index (χ4n) is 4.09. The number of hydrogen-bond acceptors (Lipinski definition) is 5. The highest BCUT2D eigenvalue weighted by Gasteiger charge is 2.32. The molecule has 1 saturated heterocycles. The number of unbranched alkanes of at least 4 members (excludes halogenated alkanes) is 1. The van der Waals surface area contributed by atoms with Crippen molar-refractivity contribution in [2.75, 3.05) is 13.2 Å². The van der Waals surface area contributed by atoms with Crippen molar-refractivity contribution in [2.45, 2.75) is 58.2 Å². The van der Waals surface area contributed by atoms with E-state index in [1.165, 1.54) is 15.5 Å². The topological polar surface area (TPSA) is 121 Å². The summed E-state index contributed by atoms with van der Waals surface area (Å²) in [5.41, 5.74) is 11.6. The molecule has 2 heterocycles. The predicted molar refractivity (Wildman–Crippen MR) is 132 cm³/mol. The van der Waals surface area contributed by atoms with Crippen molar-refractivity contribution in [2.24, 2.45) is 11.5 Å². The number of fused-ring (bicyclic) bond motifs is 1. The van der Waals surface area contributed by atoms with Gasteiger partial charge in [0.25, 0.3) is 5.56 Å². The molecule has 0 aliphatic carbocycles. The van der Waals surface area contributed by atoms with Crippen LogP contribution in [-0.2, 0) is 22.7 Å². The maximum absolute atomic E-state index is 13.3. The number of aromatic nitrogens is 1. The first-order valence-corrected chi connectivity index (χ1v) is 11.5. The van der Waals surface area contributed by atoms with Gasteiger partial charge >= 0.3 is 0 Å². The van der Waals surface area contributed by atoms with Crippen LogP contribution < -0.4 is 21.8 Å². The summed E-state index contributed by atoms with van der Waals surface area (Å²) in [4.78, 5) is 39.2. The minimum absolute atomic E-state index is 0. The summed E-state index contributed by atoms with van der Waals surface area (Å²) in [6.45, 7) is 3.10. The molecule has 1 aromatic heterocycles. The summed E-state index contributed by atoms with van der Waals surface area (Å²) in [5, 5.41) is 1.44. The van der Waals surface area contributed by atoms with E-state index in [0.29, 0.717) is 46.8 Å². The first-order valence-electron chi connectivity index (χ1n) is 10.8. The van der Waals surface area contributed by atoms with E-state index in [4.69, 9.17) is 39.4 Å². The fraction of sp³-hybridized carbons (Fsp3) is 0.500. The number of hydrogen-bond donors (Lipinski definition) is 2. The van der Waals surface area contributed by atoms with Crippen LogP contribution in [0.3, 0.4) is 0 Å². The number of rotatable bonds is 9. The maximum atomic E-state index is 13.3. The van der Waals surface area contributed by atoms with Crippen LogP contribution in [0.5, 0.6) is 5.75 Å². The SMILES string of the molecule is CCCCOc1c(CN)n(CCC(=O)N2CCC[C@H]2C(N)=O)c(=O)c2cc(Cl)c(Cl)cc12.Cl. The molecule has 2 aromatic rings. The monoisotopic (exact) mass is 518 g/mol. The van der Waals surface area contributed by atoms with Crippen LogP contribution in [0.4, 0.5) is 0 Å². The molecule has 0 saturated carbocycles. The van der Waals surface area contributed by atoms with Gasteiger partial charge in [0.05, 0.1) is 27.7 Å². The van der Waals surface area contributed by atoms with Crippen molar-refractivity contribution >= 4 is 58.2 Å². The third kappa shape index (κ3) is 5.74. The molecule has 33 heavy (non-hydrogen) atoms. The van der Waals surface area contributed by atoms with E-state index in [9.17, 15) is 14.4 Å². The molecule has 2 amide bonds. The zero-order valence-electron chi connectivity index (χ0n) is 18.4. The second-order valence-corrected chi connectivity index (χ2v) is 8.66. The van der Waals surface area contributed by atoms with Crippen LogP contribution in [0.15, 0.2) is 16.9 Å². The molecule has 0 radical (unpaired) electrons. The zero-order valence-corrected chi connectivity index (χ0v) is 20.8. The minimum Gasteiger partial charge on any atom is -0.491 e. The molecule has 1 atom stereocenters. The Morgan fingerprint density at radius 3 is 2.48 bits per heavy atom. The lowest BCUT2D eigenvalue weighted by Crippen LogP contribution is -2.44. The quantitative estimate of drug-likeness (QED) is 0.493. The largest absolute Gasteiger partial charge is 0.491 e. The molecule has 182 valence electrons. The van der Waals surface area contributed by atoms with Gasteiger partial charge in [-0.3, -0.25) is 14.4 Å². The maximum Gasteiger partial charge on any atom is 0.258 e. The van der Waals surface area contributed by atoms with Gasteiger partial charge in [-0.1, -0.05) is 36.5 Å². The van der Waals surface area contributed by atoms with Gasteiger partial charge in [-0.15, -0.1) is 12.4 Å². The number of halogens is 3. The molecule has 4 N–H and O–H groups in total. The van der Waals surface area contributed by atoms with Gasteiger partial charge < -0.3 is 25.7 Å². The normalized spacial score (nSPS) is 15.5. The van der Waals surface area contributed by atoms with Crippen molar-refractivity contribution in [1.82, 2.24) is 9.47 Å². The van der Waals surface area contributed by atoms with E-state index in [0.717, 1.165) is 19.3 Å². The molecule has 1 aromatic carbocycles. The lowest BCUT2D eigenvalue weighted by Gasteiger charge is -2.23. The van der Waals surface area contributed by atoms with Crippen molar-refractivity contribution in [3.8, 4) is 5.75 Å². The molecule has 11 heteroatoms. The first kappa shape index (κ1) is 27.2. The Morgan fingerprint density at radius 1 is 1.21 bits per heavy atom. The molecule has 0 bridgehead atoms. The number of benzene rings is 1. The highest BCUT2D eigenvalue weighted by molar-refractivity contribution is 6.42. The number of pyridine rings is 1. The van der Waals surface area contributed by atoms with E-state index in [2.05, 4.69) is 0 Å². The second kappa shape index (κ2) is 11.9. The van der Waals surface area contributed by atoms with Gasteiger partial charge in [-0.2, -0.15) is 0 Å². The van der Waals surface area contributed by atoms with E-state index in [1.807, 2.05) is 6.92 Å². The average molecular weight is 520 g/mol. The van der Waals surface area contributed by atoms with Crippen LogP contribution in [0.25, 0.3) is 10.8 Å². The van der Waals surface area contributed by atoms with Gasteiger partial charge in [0.2, 0.25) is 11.8 Å².